The number of hydrogen-bond acceptors (Lipinski definition) is 0. The molecule has 15 heavy (non-hydrogen) atoms. The fourth-order valence-corrected chi connectivity index (χ4v) is 3.41. The lowest BCUT2D eigenvalue weighted by Gasteiger charge is -2.45. The highest BCUT2D eigenvalue weighted by atomic mass is 14.5. The van der Waals surface area contributed by atoms with Crippen molar-refractivity contribution in [3.63, 3.8) is 0 Å². The lowest BCUT2D eigenvalue weighted by atomic mass is 9.61. The molecule has 0 heterocycles. The standard InChI is InChI=1S/C15H28/c1-5-15(12-14(4)8-9-14)10-6-13(2,3)7-11-15/h5-12H2,1-4H3. The minimum Gasteiger partial charge on any atom is -0.0649 e. The van der Waals surface area contributed by atoms with E-state index in [4.69, 9.17) is 0 Å². The molecule has 0 N–H and O–H groups in total. The molecule has 0 spiro atoms. The molecule has 2 aliphatic carbocycles. The van der Waals surface area contributed by atoms with E-state index >= 15 is 0 Å². The van der Waals surface area contributed by atoms with Crippen molar-refractivity contribution >= 4 is 0 Å². The van der Waals surface area contributed by atoms with Crippen molar-refractivity contribution in [2.75, 3.05) is 0 Å². The van der Waals surface area contributed by atoms with Gasteiger partial charge in [0, 0.05) is 0 Å². The molecule has 0 aromatic heterocycles. The zero-order valence-corrected chi connectivity index (χ0v) is 11.2. The van der Waals surface area contributed by atoms with Crippen LogP contribution in [0.25, 0.3) is 0 Å². The van der Waals surface area contributed by atoms with Gasteiger partial charge < -0.3 is 0 Å². The van der Waals surface area contributed by atoms with Gasteiger partial charge in [-0.1, -0.05) is 34.1 Å². The summed E-state index contributed by atoms with van der Waals surface area (Å²) in [5, 5.41) is 0. The molecule has 0 amide bonds. The van der Waals surface area contributed by atoms with Crippen LogP contribution in [0.1, 0.15) is 79.1 Å². The van der Waals surface area contributed by atoms with Gasteiger partial charge in [0.15, 0.2) is 0 Å². The maximum Gasteiger partial charge on any atom is -0.0295 e. The summed E-state index contributed by atoms with van der Waals surface area (Å²) >= 11 is 0. The van der Waals surface area contributed by atoms with Crippen LogP contribution in [0.3, 0.4) is 0 Å². The van der Waals surface area contributed by atoms with Gasteiger partial charge in [0.1, 0.15) is 0 Å². The van der Waals surface area contributed by atoms with Gasteiger partial charge in [-0.25, -0.2) is 0 Å². The van der Waals surface area contributed by atoms with Crippen LogP contribution in [0.2, 0.25) is 0 Å². The average Bonchev–Trinajstić information content (AvgIpc) is 2.88. The van der Waals surface area contributed by atoms with Gasteiger partial charge in [0.05, 0.1) is 0 Å². The normalized spacial score (nSPS) is 31.2. The third kappa shape index (κ3) is 2.57. The predicted octanol–water partition coefficient (Wildman–Crippen LogP) is 5.17. The maximum atomic E-state index is 2.50. The lowest BCUT2D eigenvalue weighted by Crippen LogP contribution is -2.32. The monoisotopic (exact) mass is 208 g/mol. The van der Waals surface area contributed by atoms with Crippen molar-refractivity contribution in [2.45, 2.75) is 79.1 Å². The second-order valence-corrected chi connectivity index (χ2v) is 7.51. The third-order valence-electron chi connectivity index (χ3n) is 5.32. The molecular formula is C15H28. The first-order valence-corrected chi connectivity index (χ1v) is 6.89. The molecule has 2 saturated carbocycles. The molecule has 0 atom stereocenters. The summed E-state index contributed by atoms with van der Waals surface area (Å²) in [7, 11) is 0. The molecule has 0 heteroatoms. The Bertz CT molecular complexity index is 222. The van der Waals surface area contributed by atoms with Crippen molar-refractivity contribution in [3.05, 3.63) is 0 Å². The molecule has 2 fully saturated rings. The summed E-state index contributed by atoms with van der Waals surface area (Å²) in [6.45, 7) is 9.82. The second-order valence-electron chi connectivity index (χ2n) is 7.51. The van der Waals surface area contributed by atoms with E-state index in [2.05, 4.69) is 27.7 Å². The fourth-order valence-electron chi connectivity index (χ4n) is 3.41. The van der Waals surface area contributed by atoms with Crippen molar-refractivity contribution in [1.29, 1.82) is 0 Å². The summed E-state index contributed by atoms with van der Waals surface area (Å²) in [6.07, 6.45) is 11.8. The Morgan fingerprint density at radius 3 is 1.73 bits per heavy atom. The fraction of sp³-hybridized carbons (Fsp3) is 1.00. The van der Waals surface area contributed by atoms with Gasteiger partial charge in [-0.3, -0.25) is 0 Å². The summed E-state index contributed by atoms with van der Waals surface area (Å²) < 4.78 is 0. The predicted molar refractivity (Wildman–Crippen MR) is 66.9 cm³/mol. The number of rotatable bonds is 3. The van der Waals surface area contributed by atoms with Crippen molar-refractivity contribution < 1.29 is 0 Å². The Labute approximate surface area is 95.8 Å². The summed E-state index contributed by atoms with van der Waals surface area (Å²) in [6, 6.07) is 0. The van der Waals surface area contributed by atoms with Crippen LogP contribution >= 0.6 is 0 Å². The van der Waals surface area contributed by atoms with Crippen LogP contribution in [-0.2, 0) is 0 Å². The SMILES string of the molecule is CCC1(CC2(C)CC2)CCC(C)(C)CC1. The van der Waals surface area contributed by atoms with E-state index in [1.807, 2.05) is 0 Å². The molecule has 0 radical (unpaired) electrons. The zero-order chi connectivity index (χ0) is 11.2. The number of hydrogen-bond donors (Lipinski definition) is 0. The minimum atomic E-state index is 0.628. The van der Waals surface area contributed by atoms with Crippen LogP contribution in [0, 0.1) is 16.2 Å². The average molecular weight is 208 g/mol. The topological polar surface area (TPSA) is 0 Å². The Kier molecular flexibility index (Phi) is 2.68. The van der Waals surface area contributed by atoms with E-state index in [1.54, 1.807) is 0 Å². The van der Waals surface area contributed by atoms with E-state index in [0.717, 1.165) is 10.8 Å². The van der Waals surface area contributed by atoms with Gasteiger partial charge in [0.25, 0.3) is 0 Å². The second kappa shape index (κ2) is 3.50. The molecule has 2 aliphatic rings. The van der Waals surface area contributed by atoms with E-state index in [1.165, 1.54) is 51.4 Å². The van der Waals surface area contributed by atoms with Gasteiger partial charge in [-0.2, -0.15) is 0 Å². The van der Waals surface area contributed by atoms with Gasteiger partial charge >= 0.3 is 0 Å². The van der Waals surface area contributed by atoms with Crippen LogP contribution in [0.5, 0.6) is 0 Å². The van der Waals surface area contributed by atoms with E-state index in [-0.39, 0.29) is 0 Å². The molecule has 0 aromatic rings. The van der Waals surface area contributed by atoms with Crippen molar-refractivity contribution in [2.24, 2.45) is 16.2 Å². The smallest absolute Gasteiger partial charge is 0.0295 e. The van der Waals surface area contributed by atoms with Gasteiger partial charge in [-0.15, -0.1) is 0 Å². The highest BCUT2D eigenvalue weighted by Crippen LogP contribution is 2.59. The highest BCUT2D eigenvalue weighted by Gasteiger charge is 2.46. The Hall–Kier alpha value is 0. The van der Waals surface area contributed by atoms with Crippen molar-refractivity contribution in [1.82, 2.24) is 0 Å². The van der Waals surface area contributed by atoms with E-state index in [0.29, 0.717) is 5.41 Å². The first-order chi connectivity index (χ1) is 6.89. The maximum absolute atomic E-state index is 2.50. The molecule has 88 valence electrons. The molecular weight excluding hydrogens is 180 g/mol. The van der Waals surface area contributed by atoms with Gasteiger partial charge in [0.2, 0.25) is 0 Å². The first-order valence-electron chi connectivity index (χ1n) is 6.89. The lowest BCUT2D eigenvalue weighted by molar-refractivity contribution is 0.0696. The summed E-state index contributed by atoms with van der Waals surface area (Å²) in [4.78, 5) is 0. The van der Waals surface area contributed by atoms with Crippen LogP contribution < -0.4 is 0 Å². The molecule has 2 rings (SSSR count). The minimum absolute atomic E-state index is 0.628. The van der Waals surface area contributed by atoms with Crippen LogP contribution in [-0.4, -0.2) is 0 Å². The summed E-state index contributed by atoms with van der Waals surface area (Å²) in [5.74, 6) is 0. The molecule has 0 nitrogen and oxygen atoms in total. The molecule has 0 aliphatic heterocycles. The third-order valence-corrected chi connectivity index (χ3v) is 5.32. The van der Waals surface area contributed by atoms with E-state index < -0.39 is 0 Å². The molecule has 0 unspecified atom stereocenters. The van der Waals surface area contributed by atoms with E-state index in [9.17, 15) is 0 Å². The Morgan fingerprint density at radius 1 is 0.800 bits per heavy atom. The van der Waals surface area contributed by atoms with Crippen LogP contribution in [0.4, 0.5) is 0 Å². The first kappa shape index (κ1) is 11.5. The Morgan fingerprint density at radius 2 is 1.33 bits per heavy atom. The van der Waals surface area contributed by atoms with Gasteiger partial charge in [-0.05, 0) is 61.2 Å². The molecule has 0 saturated heterocycles. The molecule has 0 aromatic carbocycles. The largest absolute Gasteiger partial charge is 0.0649 e. The molecule has 0 bridgehead atoms. The van der Waals surface area contributed by atoms with Crippen molar-refractivity contribution in [3.8, 4) is 0 Å². The highest BCUT2D eigenvalue weighted by molar-refractivity contribution is 4.98. The zero-order valence-electron chi connectivity index (χ0n) is 11.2. The summed E-state index contributed by atoms with van der Waals surface area (Å²) in [5.41, 5.74) is 2.10. The quantitative estimate of drug-likeness (QED) is 0.600. The van der Waals surface area contributed by atoms with Crippen LogP contribution in [0.15, 0.2) is 0 Å². The Balaban J connectivity index is 1.98.